The second kappa shape index (κ2) is 20.3. The highest BCUT2D eigenvalue weighted by Crippen LogP contribution is 2.34. The molecule has 0 aliphatic carbocycles. The van der Waals surface area contributed by atoms with E-state index in [1.165, 1.54) is 12.1 Å². The van der Waals surface area contributed by atoms with E-state index in [0.717, 1.165) is 120 Å². The molecule has 66 heavy (non-hydrogen) atoms. The number of nitrogens with zero attached hydrogens (tertiary/aromatic N) is 13. The number of benzene rings is 2. The molecule has 8 aromatic rings. The molecular weight excluding hydrogens is 853 g/mol. The van der Waals surface area contributed by atoms with Crippen molar-refractivity contribution in [2.24, 2.45) is 19.8 Å². The first kappa shape index (κ1) is 45.3. The fourth-order valence-electron chi connectivity index (χ4n) is 8.33. The largest absolute Gasteiger partial charge is 0.354 e. The van der Waals surface area contributed by atoms with Gasteiger partial charge in [0.15, 0.2) is 17.9 Å². The standard InChI is InChI=1S/C24H25F2N7.C17H20N6.C6H3F2NO/c1-31(15-16-7-8-21(25)28-23(16)26)17-10-13-33(14-11-17)24-19-6-4-3-5-18(19)22(29-30-24)20-9-12-27-32(20)2;1-22-15(6-9-19-22)16-13-4-2-3-5-14(13)17(21-20-16)23-10-7-12(18)8-11-23;7-5-2-1-4(3-10)6(8)9-5/h3-9,12,17H,10-11,13-15H2,1-2H3;2-6,9,12H,7-8,10-11,18H2,1H3;1-3H. The number of aryl methyl sites for hydroxylation is 2. The predicted molar refractivity (Wildman–Crippen MR) is 243 cm³/mol. The van der Waals surface area contributed by atoms with Crippen LogP contribution in [0.3, 0.4) is 0 Å². The first-order valence-electron chi connectivity index (χ1n) is 21.5. The number of halogens is 4. The zero-order valence-electron chi connectivity index (χ0n) is 36.6. The highest BCUT2D eigenvalue weighted by atomic mass is 19.1. The molecule has 6 aromatic heterocycles. The Morgan fingerprint density at radius 1 is 0.621 bits per heavy atom. The molecule has 2 N–H and O–H groups in total. The topological polar surface area (TPSA) is 166 Å². The van der Waals surface area contributed by atoms with E-state index < -0.39 is 23.8 Å². The van der Waals surface area contributed by atoms with Crippen LogP contribution in [0.5, 0.6) is 0 Å². The van der Waals surface area contributed by atoms with Crippen molar-refractivity contribution in [2.45, 2.75) is 44.3 Å². The molecule has 2 aromatic carbocycles. The minimum Gasteiger partial charge on any atom is -0.354 e. The lowest BCUT2D eigenvalue weighted by Crippen LogP contribution is -2.43. The van der Waals surface area contributed by atoms with Gasteiger partial charge in [-0.25, -0.2) is 0 Å². The van der Waals surface area contributed by atoms with E-state index in [2.05, 4.69) is 85.6 Å². The second-order valence-electron chi connectivity index (χ2n) is 16.2. The number of aldehydes is 1. The monoisotopic (exact) mass is 900 g/mol. The summed E-state index contributed by atoms with van der Waals surface area (Å²) >= 11 is 0. The number of carbonyl (C=O) groups excluding carboxylic acids is 1. The van der Waals surface area contributed by atoms with Gasteiger partial charge in [0.2, 0.25) is 23.8 Å². The van der Waals surface area contributed by atoms with Gasteiger partial charge in [-0.3, -0.25) is 19.1 Å². The van der Waals surface area contributed by atoms with Crippen molar-refractivity contribution in [1.82, 2.24) is 54.8 Å². The van der Waals surface area contributed by atoms with Crippen molar-refractivity contribution < 1.29 is 22.4 Å². The third-order valence-corrected chi connectivity index (χ3v) is 12.0. The minimum atomic E-state index is -1.07. The maximum atomic E-state index is 14.0. The van der Waals surface area contributed by atoms with E-state index in [1.54, 1.807) is 17.1 Å². The maximum absolute atomic E-state index is 14.0. The molecule has 0 radical (unpaired) electrons. The Bertz CT molecular complexity index is 2950. The number of aromatic nitrogens is 10. The molecule has 2 fully saturated rings. The van der Waals surface area contributed by atoms with E-state index in [9.17, 15) is 22.4 Å². The molecular formula is C47H48F4N14O. The van der Waals surface area contributed by atoms with E-state index in [4.69, 9.17) is 5.73 Å². The van der Waals surface area contributed by atoms with Crippen molar-refractivity contribution >= 4 is 39.5 Å². The number of carbonyl (C=O) groups is 1. The Morgan fingerprint density at radius 2 is 1.09 bits per heavy atom. The number of piperidine rings is 2. The molecule has 2 aliphatic heterocycles. The average molecular weight is 901 g/mol. The van der Waals surface area contributed by atoms with Gasteiger partial charge in [0, 0.05) is 98.4 Å². The predicted octanol–water partition coefficient (Wildman–Crippen LogP) is 6.93. The molecule has 2 aliphatic rings. The molecule has 340 valence electrons. The van der Waals surface area contributed by atoms with Gasteiger partial charge in [-0.05, 0) is 69.1 Å². The van der Waals surface area contributed by atoms with Crippen molar-refractivity contribution in [2.75, 3.05) is 43.0 Å². The second-order valence-corrected chi connectivity index (χ2v) is 16.2. The van der Waals surface area contributed by atoms with Gasteiger partial charge >= 0.3 is 0 Å². The lowest BCUT2D eigenvalue weighted by atomic mass is 10.0. The summed E-state index contributed by atoms with van der Waals surface area (Å²) in [7, 11) is 5.79. The molecule has 0 bridgehead atoms. The first-order chi connectivity index (χ1) is 32.0. The maximum Gasteiger partial charge on any atom is 0.226 e. The highest BCUT2D eigenvalue weighted by Gasteiger charge is 2.27. The van der Waals surface area contributed by atoms with Crippen molar-refractivity contribution in [3.8, 4) is 22.8 Å². The molecule has 0 unspecified atom stereocenters. The fraction of sp³-hybridized carbons (Fsp3) is 0.298. The van der Waals surface area contributed by atoms with Gasteiger partial charge in [-0.15, -0.1) is 20.4 Å². The Balaban J connectivity index is 0.000000154. The quantitative estimate of drug-likeness (QED) is 0.0949. The lowest BCUT2D eigenvalue weighted by Gasteiger charge is -2.37. The van der Waals surface area contributed by atoms with Gasteiger partial charge in [-0.1, -0.05) is 48.5 Å². The van der Waals surface area contributed by atoms with Crippen LogP contribution in [0.4, 0.5) is 29.2 Å². The van der Waals surface area contributed by atoms with Gasteiger partial charge in [0.05, 0.1) is 17.0 Å². The number of hydrogen-bond donors (Lipinski definition) is 1. The summed E-state index contributed by atoms with van der Waals surface area (Å²) in [6.07, 6.45) is 7.64. The van der Waals surface area contributed by atoms with Crippen LogP contribution in [0.25, 0.3) is 44.3 Å². The van der Waals surface area contributed by atoms with Gasteiger partial charge < -0.3 is 15.5 Å². The normalized spacial score (nSPS) is 14.6. The Labute approximate surface area is 377 Å². The summed E-state index contributed by atoms with van der Waals surface area (Å²) in [5, 5.41) is 31.1. The van der Waals surface area contributed by atoms with Crippen LogP contribution in [-0.4, -0.2) is 106 Å². The van der Waals surface area contributed by atoms with Crippen LogP contribution in [0.15, 0.2) is 97.3 Å². The van der Waals surface area contributed by atoms with Crippen LogP contribution in [0.1, 0.15) is 41.6 Å². The Morgan fingerprint density at radius 3 is 1.55 bits per heavy atom. The van der Waals surface area contributed by atoms with Gasteiger partial charge in [0.25, 0.3) is 0 Å². The number of rotatable bonds is 8. The Kier molecular flexibility index (Phi) is 13.9. The number of fused-ring (bicyclic) bond motifs is 2. The van der Waals surface area contributed by atoms with Crippen molar-refractivity contribution in [3.63, 3.8) is 0 Å². The van der Waals surface area contributed by atoms with Crippen LogP contribution >= 0.6 is 0 Å². The van der Waals surface area contributed by atoms with E-state index in [-0.39, 0.29) is 11.8 Å². The van der Waals surface area contributed by atoms with Crippen LogP contribution in [0, 0.1) is 23.8 Å². The Hall–Kier alpha value is -7.25. The molecule has 8 heterocycles. The smallest absolute Gasteiger partial charge is 0.226 e. The summed E-state index contributed by atoms with van der Waals surface area (Å²) in [6.45, 7) is 3.91. The molecule has 0 amide bonds. The number of anilines is 2. The summed E-state index contributed by atoms with van der Waals surface area (Å²) in [5.41, 5.74) is 9.78. The molecule has 10 rings (SSSR count). The molecule has 0 spiro atoms. The van der Waals surface area contributed by atoms with Crippen molar-refractivity contribution in [1.29, 1.82) is 0 Å². The molecule has 19 heteroatoms. The third-order valence-electron chi connectivity index (χ3n) is 12.0. The molecule has 15 nitrogen and oxygen atoms in total. The van der Waals surface area contributed by atoms with Crippen LogP contribution in [0.2, 0.25) is 0 Å². The number of pyridine rings is 2. The van der Waals surface area contributed by atoms with Crippen LogP contribution in [-0.2, 0) is 20.6 Å². The first-order valence-corrected chi connectivity index (χ1v) is 21.5. The van der Waals surface area contributed by atoms with E-state index in [1.807, 2.05) is 56.2 Å². The SMILES string of the molecule is CN(Cc1ccc(F)nc1F)C1CCN(c2nnc(-c3ccnn3C)c3ccccc23)CC1.Cn1nccc1-c1nnc(N2CCC(N)CC2)c2ccccc12.O=Cc1ccc(F)nc1F. The molecule has 0 saturated carbocycles. The van der Waals surface area contributed by atoms with E-state index in [0.29, 0.717) is 24.2 Å². The van der Waals surface area contributed by atoms with Gasteiger partial charge in [0.1, 0.15) is 11.4 Å². The zero-order chi connectivity index (χ0) is 46.3. The summed E-state index contributed by atoms with van der Waals surface area (Å²) < 4.78 is 55.0. The molecule has 0 atom stereocenters. The third kappa shape index (κ3) is 10.0. The minimum absolute atomic E-state index is 0.235. The molecule has 2 saturated heterocycles. The highest BCUT2D eigenvalue weighted by molar-refractivity contribution is 6.00. The number of nitrogens with two attached hydrogens (primary N) is 1. The van der Waals surface area contributed by atoms with E-state index >= 15 is 0 Å². The lowest BCUT2D eigenvalue weighted by molar-refractivity contribution is 0.111. The summed E-state index contributed by atoms with van der Waals surface area (Å²) in [4.78, 5) is 22.7. The van der Waals surface area contributed by atoms with Crippen LogP contribution < -0.4 is 15.5 Å². The number of hydrogen-bond acceptors (Lipinski definition) is 13. The van der Waals surface area contributed by atoms with Crippen molar-refractivity contribution in [3.05, 3.63) is 132 Å². The van der Waals surface area contributed by atoms with Gasteiger partial charge in [-0.2, -0.15) is 37.7 Å². The summed E-state index contributed by atoms with van der Waals surface area (Å²) in [5.74, 6) is -1.70. The summed E-state index contributed by atoms with van der Waals surface area (Å²) in [6, 6.07) is 25.6. The fourth-order valence-corrected chi connectivity index (χ4v) is 8.33. The zero-order valence-corrected chi connectivity index (χ0v) is 36.6. The average Bonchev–Trinajstić information content (AvgIpc) is 3.97.